The Morgan fingerprint density at radius 1 is 1.41 bits per heavy atom. The van der Waals surface area contributed by atoms with Gasteiger partial charge in [0.2, 0.25) is 0 Å². The zero-order valence-electron chi connectivity index (χ0n) is 9.82. The predicted octanol–water partition coefficient (Wildman–Crippen LogP) is 1.59. The molecule has 0 fully saturated rings. The Kier molecular flexibility index (Phi) is 3.90. The van der Waals surface area contributed by atoms with E-state index in [1.165, 1.54) is 0 Å². The van der Waals surface area contributed by atoms with Crippen molar-refractivity contribution in [1.82, 2.24) is 10.3 Å². The fraction of sp³-hybridized carbons (Fsp3) is 0.308. The van der Waals surface area contributed by atoms with Gasteiger partial charge in [0.05, 0.1) is 13.2 Å². The second-order valence-electron chi connectivity index (χ2n) is 3.84. The van der Waals surface area contributed by atoms with Crippen LogP contribution in [0.1, 0.15) is 10.4 Å². The molecule has 2 rings (SSSR count). The highest BCUT2D eigenvalue weighted by atomic mass is 16.5. The third-order valence-electron chi connectivity index (χ3n) is 2.66. The standard InChI is InChI=1S/C13H16N2O2/c1-17-7-6-14-9-13(16)11-8-15-12-5-3-2-4-10(11)12/h2-5,8,14-15H,6-7,9H2,1H3. The van der Waals surface area contributed by atoms with Crippen LogP contribution in [0, 0.1) is 0 Å². The second kappa shape index (κ2) is 5.61. The molecule has 0 saturated carbocycles. The summed E-state index contributed by atoms with van der Waals surface area (Å²) in [5, 5.41) is 4.03. The zero-order valence-corrected chi connectivity index (χ0v) is 9.82. The number of para-hydroxylation sites is 1. The first-order valence-corrected chi connectivity index (χ1v) is 5.62. The minimum atomic E-state index is 0.0959. The summed E-state index contributed by atoms with van der Waals surface area (Å²) >= 11 is 0. The number of benzene rings is 1. The van der Waals surface area contributed by atoms with Crippen LogP contribution in [0.2, 0.25) is 0 Å². The Morgan fingerprint density at radius 2 is 2.24 bits per heavy atom. The first-order valence-electron chi connectivity index (χ1n) is 5.62. The van der Waals surface area contributed by atoms with Crippen molar-refractivity contribution in [3.05, 3.63) is 36.0 Å². The molecular formula is C13H16N2O2. The molecule has 0 unspecified atom stereocenters. The number of aromatic nitrogens is 1. The molecule has 1 aromatic carbocycles. The van der Waals surface area contributed by atoms with Gasteiger partial charge >= 0.3 is 0 Å². The van der Waals surface area contributed by atoms with Gasteiger partial charge in [-0.25, -0.2) is 0 Å². The lowest BCUT2D eigenvalue weighted by molar-refractivity contribution is 0.0989. The number of methoxy groups -OCH3 is 1. The molecule has 0 aliphatic carbocycles. The van der Waals surface area contributed by atoms with Gasteiger partial charge in [-0.1, -0.05) is 18.2 Å². The molecule has 4 nitrogen and oxygen atoms in total. The number of hydrogen-bond donors (Lipinski definition) is 2. The molecule has 90 valence electrons. The lowest BCUT2D eigenvalue weighted by Crippen LogP contribution is -2.26. The minimum Gasteiger partial charge on any atom is -0.383 e. The Balaban J connectivity index is 2.04. The van der Waals surface area contributed by atoms with Crippen molar-refractivity contribution in [3.63, 3.8) is 0 Å². The number of aromatic amines is 1. The topological polar surface area (TPSA) is 54.1 Å². The summed E-state index contributed by atoms with van der Waals surface area (Å²) in [4.78, 5) is 15.1. The van der Waals surface area contributed by atoms with E-state index in [0.29, 0.717) is 19.7 Å². The summed E-state index contributed by atoms with van der Waals surface area (Å²) in [6.45, 7) is 1.64. The average molecular weight is 232 g/mol. The Labute approximate surface area is 100.0 Å². The van der Waals surface area contributed by atoms with Crippen molar-refractivity contribution >= 4 is 16.7 Å². The molecule has 0 radical (unpaired) electrons. The zero-order chi connectivity index (χ0) is 12.1. The van der Waals surface area contributed by atoms with Crippen LogP contribution >= 0.6 is 0 Å². The summed E-state index contributed by atoms with van der Waals surface area (Å²) in [6, 6.07) is 7.80. The molecule has 0 spiro atoms. The van der Waals surface area contributed by atoms with Crippen LogP contribution in [0.3, 0.4) is 0 Å². The van der Waals surface area contributed by atoms with E-state index >= 15 is 0 Å². The quantitative estimate of drug-likeness (QED) is 0.587. The van der Waals surface area contributed by atoms with E-state index in [-0.39, 0.29) is 5.78 Å². The van der Waals surface area contributed by atoms with Crippen LogP contribution in [0.5, 0.6) is 0 Å². The number of Topliss-reactive ketones (excluding diaryl/α,β-unsaturated/α-hetero) is 1. The van der Waals surface area contributed by atoms with E-state index in [0.717, 1.165) is 16.5 Å². The highest BCUT2D eigenvalue weighted by Crippen LogP contribution is 2.17. The van der Waals surface area contributed by atoms with Crippen LogP contribution in [0.4, 0.5) is 0 Å². The molecule has 17 heavy (non-hydrogen) atoms. The summed E-state index contributed by atoms with van der Waals surface area (Å²) < 4.78 is 4.90. The number of carbonyl (C=O) groups is 1. The van der Waals surface area contributed by atoms with Crippen LogP contribution in [-0.4, -0.2) is 37.6 Å². The molecular weight excluding hydrogens is 216 g/mol. The molecule has 0 bridgehead atoms. The number of rotatable bonds is 6. The highest BCUT2D eigenvalue weighted by molar-refractivity contribution is 6.08. The molecule has 2 aromatic rings. The number of H-pyrrole nitrogens is 1. The molecule has 1 aromatic heterocycles. The summed E-state index contributed by atoms with van der Waals surface area (Å²) in [6.07, 6.45) is 1.77. The van der Waals surface area contributed by atoms with Crippen LogP contribution in [-0.2, 0) is 4.74 Å². The smallest absolute Gasteiger partial charge is 0.178 e. The van der Waals surface area contributed by atoms with Crippen molar-refractivity contribution in [2.75, 3.05) is 26.8 Å². The van der Waals surface area contributed by atoms with Gasteiger partial charge in [-0.05, 0) is 6.07 Å². The molecule has 0 amide bonds. The number of ether oxygens (including phenoxy) is 1. The number of fused-ring (bicyclic) bond motifs is 1. The molecule has 2 N–H and O–H groups in total. The number of ketones is 1. The monoisotopic (exact) mass is 232 g/mol. The number of hydrogen-bond acceptors (Lipinski definition) is 3. The van der Waals surface area contributed by atoms with Gasteiger partial charge in [-0.15, -0.1) is 0 Å². The van der Waals surface area contributed by atoms with Crippen LogP contribution < -0.4 is 5.32 Å². The van der Waals surface area contributed by atoms with E-state index in [2.05, 4.69) is 10.3 Å². The minimum absolute atomic E-state index is 0.0959. The van der Waals surface area contributed by atoms with E-state index < -0.39 is 0 Å². The lowest BCUT2D eigenvalue weighted by Gasteiger charge is -2.02. The first-order chi connectivity index (χ1) is 8.33. The van der Waals surface area contributed by atoms with Crippen molar-refractivity contribution in [2.24, 2.45) is 0 Å². The Bertz CT molecular complexity index is 505. The molecule has 0 aliphatic heterocycles. The third-order valence-corrected chi connectivity index (χ3v) is 2.66. The van der Waals surface area contributed by atoms with Crippen molar-refractivity contribution < 1.29 is 9.53 Å². The maximum absolute atomic E-state index is 12.0. The largest absolute Gasteiger partial charge is 0.383 e. The van der Waals surface area contributed by atoms with Crippen molar-refractivity contribution in [3.8, 4) is 0 Å². The third kappa shape index (κ3) is 2.72. The number of nitrogens with one attached hydrogen (secondary N) is 2. The molecule has 4 heteroatoms. The second-order valence-corrected chi connectivity index (χ2v) is 3.84. The van der Waals surface area contributed by atoms with E-state index in [4.69, 9.17) is 4.74 Å². The van der Waals surface area contributed by atoms with Gasteiger partial charge in [-0.2, -0.15) is 0 Å². The predicted molar refractivity (Wildman–Crippen MR) is 67.4 cm³/mol. The highest BCUT2D eigenvalue weighted by Gasteiger charge is 2.10. The van der Waals surface area contributed by atoms with Gasteiger partial charge in [-0.3, -0.25) is 4.79 Å². The molecule has 0 atom stereocenters. The summed E-state index contributed by atoms with van der Waals surface area (Å²) in [5.41, 5.74) is 1.73. The Hall–Kier alpha value is -1.65. The van der Waals surface area contributed by atoms with Gasteiger partial charge in [0.25, 0.3) is 0 Å². The van der Waals surface area contributed by atoms with E-state index in [1.807, 2.05) is 24.3 Å². The SMILES string of the molecule is COCCNCC(=O)c1c[nH]c2ccccc12. The average Bonchev–Trinajstić information content (AvgIpc) is 2.78. The van der Waals surface area contributed by atoms with Gasteiger partial charge in [0.15, 0.2) is 5.78 Å². The van der Waals surface area contributed by atoms with E-state index in [9.17, 15) is 4.79 Å². The molecule has 0 aliphatic rings. The maximum Gasteiger partial charge on any atom is 0.178 e. The van der Waals surface area contributed by atoms with Crippen LogP contribution in [0.15, 0.2) is 30.5 Å². The van der Waals surface area contributed by atoms with Crippen molar-refractivity contribution in [2.45, 2.75) is 0 Å². The fourth-order valence-corrected chi connectivity index (χ4v) is 1.77. The lowest BCUT2D eigenvalue weighted by atomic mass is 10.1. The first kappa shape index (κ1) is 11.8. The Morgan fingerprint density at radius 3 is 3.06 bits per heavy atom. The van der Waals surface area contributed by atoms with Gasteiger partial charge in [0, 0.05) is 36.3 Å². The summed E-state index contributed by atoms with van der Waals surface area (Å²) in [7, 11) is 1.64. The summed E-state index contributed by atoms with van der Waals surface area (Å²) in [5.74, 6) is 0.0959. The number of carbonyl (C=O) groups excluding carboxylic acids is 1. The van der Waals surface area contributed by atoms with Gasteiger partial charge < -0.3 is 15.0 Å². The van der Waals surface area contributed by atoms with Gasteiger partial charge in [0.1, 0.15) is 0 Å². The maximum atomic E-state index is 12.0. The normalized spacial score (nSPS) is 10.9. The molecule has 0 saturated heterocycles. The van der Waals surface area contributed by atoms with Crippen molar-refractivity contribution in [1.29, 1.82) is 0 Å². The fourth-order valence-electron chi connectivity index (χ4n) is 1.77. The van der Waals surface area contributed by atoms with Crippen LogP contribution in [0.25, 0.3) is 10.9 Å². The molecule has 1 heterocycles. The van der Waals surface area contributed by atoms with E-state index in [1.54, 1.807) is 13.3 Å².